The highest BCUT2D eigenvalue weighted by atomic mass is 16.8. The molecule has 0 unspecified atom stereocenters. The van der Waals surface area contributed by atoms with Gasteiger partial charge in [0.05, 0.1) is 43.6 Å². The van der Waals surface area contributed by atoms with Gasteiger partial charge < -0.3 is 53.1 Å². The molecular formula is C45H48NO13-. The summed E-state index contributed by atoms with van der Waals surface area (Å²) in [5.74, 6) is -3.14. The number of amides is 1. The minimum atomic E-state index is -1.97. The van der Waals surface area contributed by atoms with Crippen LogP contribution in [0.1, 0.15) is 52.6 Å². The summed E-state index contributed by atoms with van der Waals surface area (Å²) in [5.41, 5.74) is 2.17. The molecule has 0 aromatic heterocycles. The van der Waals surface area contributed by atoms with E-state index in [-0.39, 0.29) is 30.9 Å². The number of esters is 2. The van der Waals surface area contributed by atoms with E-state index in [9.17, 15) is 19.5 Å². The van der Waals surface area contributed by atoms with Gasteiger partial charge in [0, 0.05) is 13.2 Å². The number of nitrogens with one attached hydrogen (secondary N) is 1. The molecule has 3 heterocycles. The summed E-state index contributed by atoms with van der Waals surface area (Å²) < 4.78 is 56.6. The zero-order chi connectivity index (χ0) is 41.4. The molecule has 312 valence electrons. The Kier molecular flexibility index (Phi) is 13.8. The van der Waals surface area contributed by atoms with Crippen LogP contribution in [0.5, 0.6) is 0 Å². The van der Waals surface area contributed by atoms with Crippen LogP contribution in [-0.4, -0.2) is 98.2 Å². The van der Waals surface area contributed by atoms with E-state index in [1.807, 2.05) is 74.5 Å². The Hall–Kier alpha value is -5.03. The Morgan fingerprint density at radius 1 is 0.678 bits per heavy atom. The van der Waals surface area contributed by atoms with Crippen LogP contribution in [0, 0.1) is 0 Å². The fourth-order valence-electron chi connectivity index (χ4n) is 7.26. The second-order valence-corrected chi connectivity index (χ2v) is 14.9. The standard InChI is InChI=1S/C45H48NO13/c1-28(47)46-35-38(58-42(49)32-22-14-7-15-23-32)36(57-41(48)31-20-12-6-13-21-31)33(55-43(35)50)26-53-44-40(52-25-30-18-10-5-11-19-30)39(51-24-29-16-8-4-9-17-29)37-34(56-44)27-54-45(2,3)59-37/h4-23,33-40,43-44H,24-27H2,1-3H3,(H,46,47)/q-1/t33-,34-,35-,36-,37-,38-,39+,40-,43+,44+/m1/s1. The molecule has 14 heteroatoms. The number of ether oxygens (including phenoxy) is 9. The first-order valence-electron chi connectivity index (χ1n) is 19.5. The summed E-state index contributed by atoms with van der Waals surface area (Å²) in [7, 11) is 0. The SMILES string of the molecule is CC(=O)N[C@@H]1[C@@H](OC(=O)c2ccccc2)[C@H](OC(=O)c2ccccc2)[C@@H](CO[C@H]2O[C@@H]3COC(C)(C)O[C@H]3[C@H](OCc3ccccc3)[C@H]2OCc2ccccc2)O[C@@H]1[O-]. The molecule has 1 amide bonds. The lowest BCUT2D eigenvalue weighted by atomic mass is 9.95. The lowest BCUT2D eigenvalue weighted by Crippen LogP contribution is -2.69. The highest BCUT2D eigenvalue weighted by molar-refractivity contribution is 5.90. The first-order valence-corrected chi connectivity index (χ1v) is 19.5. The Labute approximate surface area is 342 Å². The quantitative estimate of drug-likeness (QED) is 0.181. The number of benzene rings is 4. The Morgan fingerprint density at radius 3 is 1.73 bits per heavy atom. The van der Waals surface area contributed by atoms with Gasteiger partial charge in [0.2, 0.25) is 5.91 Å². The number of carbonyl (C=O) groups excluding carboxylic acids is 3. The minimum Gasteiger partial charge on any atom is -0.829 e. The third-order valence-electron chi connectivity index (χ3n) is 10.1. The smallest absolute Gasteiger partial charge is 0.338 e. The van der Waals surface area contributed by atoms with Crippen molar-refractivity contribution in [1.29, 1.82) is 0 Å². The number of carbonyl (C=O) groups is 3. The van der Waals surface area contributed by atoms with Crippen LogP contribution in [0.25, 0.3) is 0 Å². The molecular weight excluding hydrogens is 762 g/mol. The topological polar surface area (TPSA) is 169 Å². The Morgan fingerprint density at radius 2 is 1.19 bits per heavy atom. The van der Waals surface area contributed by atoms with E-state index in [0.717, 1.165) is 11.1 Å². The van der Waals surface area contributed by atoms with Crippen LogP contribution in [0.2, 0.25) is 0 Å². The first-order chi connectivity index (χ1) is 28.5. The van der Waals surface area contributed by atoms with Crippen molar-refractivity contribution in [2.45, 2.75) is 101 Å². The van der Waals surface area contributed by atoms with Gasteiger partial charge in [-0.3, -0.25) is 4.79 Å². The van der Waals surface area contributed by atoms with Crippen molar-refractivity contribution >= 4 is 17.8 Å². The van der Waals surface area contributed by atoms with Gasteiger partial charge in [-0.25, -0.2) is 9.59 Å². The van der Waals surface area contributed by atoms with Crippen LogP contribution in [0.15, 0.2) is 121 Å². The highest BCUT2D eigenvalue weighted by Crippen LogP contribution is 2.37. The van der Waals surface area contributed by atoms with Crippen LogP contribution in [0.4, 0.5) is 0 Å². The molecule has 3 fully saturated rings. The second-order valence-electron chi connectivity index (χ2n) is 14.9. The van der Waals surface area contributed by atoms with E-state index in [1.165, 1.54) is 19.1 Å². The second kappa shape index (κ2) is 19.4. The molecule has 3 saturated heterocycles. The van der Waals surface area contributed by atoms with Gasteiger partial charge in [-0.15, -0.1) is 0 Å². The summed E-state index contributed by atoms with van der Waals surface area (Å²) in [6, 6.07) is 34.0. The van der Waals surface area contributed by atoms with Crippen molar-refractivity contribution in [3.63, 3.8) is 0 Å². The third kappa shape index (κ3) is 10.8. The van der Waals surface area contributed by atoms with Gasteiger partial charge in [0.1, 0.15) is 30.5 Å². The number of hydrogen-bond acceptors (Lipinski definition) is 13. The van der Waals surface area contributed by atoms with E-state index >= 15 is 0 Å². The minimum absolute atomic E-state index is 0.143. The summed E-state index contributed by atoms with van der Waals surface area (Å²) in [4.78, 5) is 39.6. The van der Waals surface area contributed by atoms with Crippen molar-refractivity contribution < 1.29 is 62.1 Å². The summed E-state index contributed by atoms with van der Waals surface area (Å²) >= 11 is 0. The van der Waals surface area contributed by atoms with Crippen LogP contribution in [0.3, 0.4) is 0 Å². The van der Waals surface area contributed by atoms with E-state index < -0.39 is 91.6 Å². The molecule has 4 aromatic carbocycles. The van der Waals surface area contributed by atoms with Crippen molar-refractivity contribution in [2.24, 2.45) is 0 Å². The molecule has 0 aliphatic carbocycles. The maximum Gasteiger partial charge on any atom is 0.338 e. The molecule has 1 N–H and O–H groups in total. The van der Waals surface area contributed by atoms with Crippen molar-refractivity contribution in [3.05, 3.63) is 144 Å². The fourth-order valence-corrected chi connectivity index (χ4v) is 7.26. The van der Waals surface area contributed by atoms with Gasteiger partial charge >= 0.3 is 11.9 Å². The van der Waals surface area contributed by atoms with Gasteiger partial charge in [-0.2, -0.15) is 0 Å². The molecule has 0 saturated carbocycles. The van der Waals surface area contributed by atoms with Crippen molar-refractivity contribution in [2.75, 3.05) is 13.2 Å². The predicted molar refractivity (Wildman–Crippen MR) is 207 cm³/mol. The Bertz CT molecular complexity index is 1970. The number of fused-ring (bicyclic) bond motifs is 1. The van der Waals surface area contributed by atoms with E-state index in [4.69, 9.17) is 42.6 Å². The molecule has 14 nitrogen and oxygen atoms in total. The monoisotopic (exact) mass is 810 g/mol. The predicted octanol–water partition coefficient (Wildman–Crippen LogP) is 4.09. The van der Waals surface area contributed by atoms with Crippen LogP contribution in [-0.2, 0) is 60.6 Å². The molecule has 0 spiro atoms. The molecule has 7 rings (SSSR count). The highest BCUT2D eigenvalue weighted by Gasteiger charge is 2.54. The molecule has 4 aromatic rings. The molecule has 59 heavy (non-hydrogen) atoms. The van der Waals surface area contributed by atoms with E-state index in [1.54, 1.807) is 48.5 Å². The lowest BCUT2D eigenvalue weighted by Gasteiger charge is -2.51. The average molecular weight is 811 g/mol. The van der Waals surface area contributed by atoms with Gasteiger partial charge in [0.15, 0.2) is 24.3 Å². The molecule has 0 bridgehead atoms. The molecule has 10 atom stereocenters. The summed E-state index contributed by atoms with van der Waals surface area (Å²) in [5, 5.41) is 16.4. The maximum atomic E-state index is 13.8. The molecule has 3 aliphatic rings. The maximum absolute atomic E-state index is 13.8. The van der Waals surface area contributed by atoms with Crippen molar-refractivity contribution in [1.82, 2.24) is 5.32 Å². The number of hydrogen-bond donors (Lipinski definition) is 1. The van der Waals surface area contributed by atoms with Gasteiger partial charge in [-0.05, 0) is 49.2 Å². The zero-order valence-electron chi connectivity index (χ0n) is 33.0. The summed E-state index contributed by atoms with van der Waals surface area (Å²) in [6.07, 6.45) is -10.4. The Balaban J connectivity index is 1.20. The number of rotatable bonds is 14. The average Bonchev–Trinajstić information content (AvgIpc) is 3.24. The summed E-state index contributed by atoms with van der Waals surface area (Å²) in [6.45, 7) is 4.94. The van der Waals surface area contributed by atoms with Gasteiger partial charge in [-0.1, -0.05) is 97.1 Å². The van der Waals surface area contributed by atoms with E-state index in [0.29, 0.717) is 0 Å². The largest absolute Gasteiger partial charge is 0.829 e. The lowest BCUT2D eigenvalue weighted by molar-refractivity contribution is -0.520. The van der Waals surface area contributed by atoms with Crippen LogP contribution >= 0.6 is 0 Å². The van der Waals surface area contributed by atoms with Crippen LogP contribution < -0.4 is 10.4 Å². The zero-order valence-corrected chi connectivity index (χ0v) is 33.0. The molecule has 3 aliphatic heterocycles. The fraction of sp³-hybridized carbons (Fsp3) is 0.400. The van der Waals surface area contributed by atoms with E-state index in [2.05, 4.69) is 5.32 Å². The normalized spacial score (nSPS) is 28.7. The molecule has 0 radical (unpaired) electrons. The first kappa shape index (κ1) is 42.1. The van der Waals surface area contributed by atoms with Gasteiger partial charge in [0.25, 0.3) is 0 Å². The third-order valence-corrected chi connectivity index (χ3v) is 10.1. The van der Waals surface area contributed by atoms with Crippen molar-refractivity contribution in [3.8, 4) is 0 Å².